The van der Waals surface area contributed by atoms with Gasteiger partial charge in [-0.3, -0.25) is 0 Å². The number of sulfonamides is 1. The monoisotopic (exact) mass is 325 g/mol. The molecule has 1 aromatic rings. The van der Waals surface area contributed by atoms with E-state index in [2.05, 4.69) is 13.8 Å². The Bertz CT molecular complexity index is 570. The molecule has 0 aromatic heterocycles. The van der Waals surface area contributed by atoms with Crippen molar-refractivity contribution in [2.75, 3.05) is 13.1 Å². The van der Waals surface area contributed by atoms with E-state index in [0.717, 1.165) is 18.4 Å². The normalized spacial score (nSPS) is 18.3. The minimum Gasteiger partial charge on any atom is -0.375 e. The molecule has 0 unspecified atom stereocenters. The second-order valence-electron chi connectivity index (χ2n) is 6.51. The molecular formula is C17H27NO3S. The highest BCUT2D eigenvalue weighted by Gasteiger charge is 2.29. The first-order valence-corrected chi connectivity index (χ1v) is 9.50. The number of piperidine rings is 1. The molecule has 0 atom stereocenters. The third-order valence-electron chi connectivity index (χ3n) is 4.05. The zero-order valence-corrected chi connectivity index (χ0v) is 14.8. The van der Waals surface area contributed by atoms with Crippen molar-refractivity contribution < 1.29 is 13.2 Å². The number of nitrogens with zero attached hydrogens (tertiary/aromatic N) is 1. The van der Waals surface area contributed by atoms with Crippen LogP contribution in [-0.2, 0) is 14.8 Å². The van der Waals surface area contributed by atoms with Crippen LogP contribution in [0.4, 0.5) is 0 Å². The fourth-order valence-corrected chi connectivity index (χ4v) is 4.24. The highest BCUT2D eigenvalue weighted by molar-refractivity contribution is 7.89. The summed E-state index contributed by atoms with van der Waals surface area (Å²) in [7, 11) is -3.38. The lowest BCUT2D eigenvalue weighted by molar-refractivity contribution is -0.0168. The molecule has 1 fully saturated rings. The summed E-state index contributed by atoms with van der Waals surface area (Å²) in [5.74, 6) is 0.403. The van der Waals surface area contributed by atoms with Crippen LogP contribution in [-0.4, -0.2) is 38.0 Å². The zero-order valence-electron chi connectivity index (χ0n) is 14.0. The first-order valence-electron chi connectivity index (χ1n) is 8.06. The predicted octanol–water partition coefficient (Wildman–Crippen LogP) is 3.39. The van der Waals surface area contributed by atoms with Gasteiger partial charge in [0.15, 0.2) is 0 Å². The van der Waals surface area contributed by atoms with Crippen molar-refractivity contribution >= 4 is 10.0 Å². The van der Waals surface area contributed by atoms with E-state index < -0.39 is 10.0 Å². The van der Waals surface area contributed by atoms with Crippen molar-refractivity contribution in [3.8, 4) is 0 Å². The zero-order chi connectivity index (χ0) is 16.3. The smallest absolute Gasteiger partial charge is 0.243 e. The molecule has 0 bridgehead atoms. The van der Waals surface area contributed by atoms with Gasteiger partial charge in [-0.1, -0.05) is 26.0 Å². The summed E-state index contributed by atoms with van der Waals surface area (Å²) in [4.78, 5) is 0.389. The van der Waals surface area contributed by atoms with Crippen LogP contribution >= 0.6 is 0 Å². The third kappa shape index (κ3) is 4.09. The van der Waals surface area contributed by atoms with Crippen LogP contribution in [0.5, 0.6) is 0 Å². The van der Waals surface area contributed by atoms with E-state index in [-0.39, 0.29) is 12.2 Å². The first-order chi connectivity index (χ1) is 10.3. The molecule has 1 aromatic carbocycles. The van der Waals surface area contributed by atoms with Gasteiger partial charge in [-0.15, -0.1) is 0 Å². The number of ether oxygens (including phenoxy) is 1. The van der Waals surface area contributed by atoms with Crippen molar-refractivity contribution in [1.82, 2.24) is 4.31 Å². The first kappa shape index (κ1) is 17.4. The molecule has 0 spiro atoms. The summed E-state index contributed by atoms with van der Waals surface area (Å²) in [6, 6.07) is 7.26. The summed E-state index contributed by atoms with van der Waals surface area (Å²) in [6.45, 7) is 9.29. The molecule has 1 aliphatic heterocycles. The number of rotatable bonds is 5. The molecule has 124 valence electrons. The molecule has 2 rings (SSSR count). The quantitative estimate of drug-likeness (QED) is 0.833. The van der Waals surface area contributed by atoms with Gasteiger partial charge >= 0.3 is 0 Å². The second-order valence-corrected chi connectivity index (χ2v) is 8.45. The topological polar surface area (TPSA) is 46.6 Å². The Kier molecular flexibility index (Phi) is 5.64. The lowest BCUT2D eigenvalue weighted by Gasteiger charge is -2.32. The van der Waals surface area contributed by atoms with Crippen LogP contribution in [0.15, 0.2) is 29.2 Å². The van der Waals surface area contributed by atoms with Crippen LogP contribution in [0, 0.1) is 0 Å². The molecule has 0 amide bonds. The van der Waals surface area contributed by atoms with Gasteiger partial charge in [0, 0.05) is 13.1 Å². The van der Waals surface area contributed by atoms with Gasteiger partial charge in [-0.05, 0) is 50.3 Å². The SMILES string of the molecule is CC(C)OC1CCN(S(=O)(=O)c2ccc(C(C)C)cc2)CC1. The Morgan fingerprint density at radius 2 is 1.59 bits per heavy atom. The van der Waals surface area contributed by atoms with Gasteiger partial charge in [0.05, 0.1) is 17.1 Å². The number of benzene rings is 1. The van der Waals surface area contributed by atoms with Crippen molar-refractivity contribution in [2.45, 2.75) is 63.6 Å². The summed E-state index contributed by atoms with van der Waals surface area (Å²) >= 11 is 0. The molecule has 4 nitrogen and oxygen atoms in total. The molecular weight excluding hydrogens is 298 g/mol. The average Bonchev–Trinajstić information content (AvgIpc) is 2.47. The molecule has 0 aliphatic carbocycles. The maximum Gasteiger partial charge on any atom is 0.243 e. The lowest BCUT2D eigenvalue weighted by atomic mass is 10.0. The molecule has 1 heterocycles. The standard InChI is InChI=1S/C17H27NO3S/c1-13(2)15-5-7-17(8-6-15)22(19,20)18-11-9-16(10-12-18)21-14(3)4/h5-8,13-14,16H,9-12H2,1-4H3. The molecule has 5 heteroatoms. The summed E-state index contributed by atoms with van der Waals surface area (Å²) < 4.78 is 32.7. The Balaban J connectivity index is 2.05. The van der Waals surface area contributed by atoms with Crippen LogP contribution in [0.2, 0.25) is 0 Å². The molecule has 1 aliphatic rings. The third-order valence-corrected chi connectivity index (χ3v) is 5.96. The van der Waals surface area contributed by atoms with E-state index >= 15 is 0 Å². The van der Waals surface area contributed by atoms with E-state index in [0.29, 0.717) is 23.9 Å². The summed E-state index contributed by atoms with van der Waals surface area (Å²) in [6.07, 6.45) is 1.90. The van der Waals surface area contributed by atoms with E-state index in [9.17, 15) is 8.42 Å². The highest BCUT2D eigenvalue weighted by Crippen LogP contribution is 2.24. The fraction of sp³-hybridized carbons (Fsp3) is 0.647. The number of hydrogen-bond acceptors (Lipinski definition) is 3. The van der Waals surface area contributed by atoms with Crippen LogP contribution < -0.4 is 0 Å². The second kappa shape index (κ2) is 7.11. The van der Waals surface area contributed by atoms with Gasteiger partial charge in [0.2, 0.25) is 10.0 Å². The molecule has 0 saturated carbocycles. The fourth-order valence-electron chi connectivity index (χ4n) is 2.77. The van der Waals surface area contributed by atoms with E-state index in [4.69, 9.17) is 4.74 Å². The number of hydrogen-bond donors (Lipinski definition) is 0. The molecule has 22 heavy (non-hydrogen) atoms. The summed E-state index contributed by atoms with van der Waals surface area (Å²) in [5.41, 5.74) is 1.16. The lowest BCUT2D eigenvalue weighted by Crippen LogP contribution is -2.41. The van der Waals surface area contributed by atoms with Gasteiger partial charge < -0.3 is 4.74 Å². The Morgan fingerprint density at radius 3 is 2.05 bits per heavy atom. The van der Waals surface area contributed by atoms with Gasteiger partial charge in [0.1, 0.15) is 0 Å². The van der Waals surface area contributed by atoms with Gasteiger partial charge in [0.25, 0.3) is 0 Å². The minimum absolute atomic E-state index is 0.176. The van der Waals surface area contributed by atoms with Crippen molar-refractivity contribution in [3.05, 3.63) is 29.8 Å². The largest absolute Gasteiger partial charge is 0.375 e. The Labute approximate surface area is 134 Å². The molecule has 0 radical (unpaired) electrons. The van der Waals surface area contributed by atoms with Crippen molar-refractivity contribution in [2.24, 2.45) is 0 Å². The maximum atomic E-state index is 12.7. The van der Waals surface area contributed by atoms with E-state index in [1.807, 2.05) is 26.0 Å². The van der Waals surface area contributed by atoms with Crippen LogP contribution in [0.1, 0.15) is 52.0 Å². The highest BCUT2D eigenvalue weighted by atomic mass is 32.2. The summed E-state index contributed by atoms with van der Waals surface area (Å²) in [5, 5.41) is 0. The predicted molar refractivity (Wildman–Crippen MR) is 88.5 cm³/mol. The average molecular weight is 325 g/mol. The van der Waals surface area contributed by atoms with Crippen LogP contribution in [0.3, 0.4) is 0 Å². The van der Waals surface area contributed by atoms with E-state index in [1.54, 1.807) is 16.4 Å². The van der Waals surface area contributed by atoms with Crippen LogP contribution in [0.25, 0.3) is 0 Å². The maximum absolute atomic E-state index is 12.7. The van der Waals surface area contributed by atoms with Gasteiger partial charge in [-0.2, -0.15) is 4.31 Å². The Morgan fingerprint density at radius 1 is 1.05 bits per heavy atom. The minimum atomic E-state index is -3.38. The van der Waals surface area contributed by atoms with Crippen molar-refractivity contribution in [3.63, 3.8) is 0 Å². The van der Waals surface area contributed by atoms with Crippen molar-refractivity contribution in [1.29, 1.82) is 0 Å². The molecule has 0 N–H and O–H groups in total. The Hall–Kier alpha value is -0.910. The van der Waals surface area contributed by atoms with Gasteiger partial charge in [-0.25, -0.2) is 8.42 Å². The molecule has 1 saturated heterocycles. The van der Waals surface area contributed by atoms with E-state index in [1.165, 1.54) is 0 Å².